The van der Waals surface area contributed by atoms with Crippen molar-refractivity contribution in [3.8, 4) is 0 Å². The van der Waals surface area contributed by atoms with Crippen molar-refractivity contribution in [1.29, 1.82) is 0 Å². The van der Waals surface area contributed by atoms with Gasteiger partial charge >= 0.3 is 5.97 Å². The number of likely N-dealkylation sites (N-methyl/N-ethyl adjacent to an activating group) is 1. The van der Waals surface area contributed by atoms with Crippen molar-refractivity contribution in [3.63, 3.8) is 0 Å². The number of ether oxygens (including phenoxy) is 1. The summed E-state index contributed by atoms with van der Waals surface area (Å²) in [7, 11) is 1.32. The Balaban J connectivity index is 2.12. The molecular weight excluding hydrogens is 352 g/mol. The van der Waals surface area contributed by atoms with Crippen LogP contribution in [0.1, 0.15) is 24.9 Å². The summed E-state index contributed by atoms with van der Waals surface area (Å²) in [5.41, 5.74) is 1.66. The zero-order chi connectivity index (χ0) is 18.9. The first-order chi connectivity index (χ1) is 12.5. The van der Waals surface area contributed by atoms with E-state index in [4.69, 9.17) is 16.3 Å². The predicted octanol–water partition coefficient (Wildman–Crippen LogP) is 3.59. The van der Waals surface area contributed by atoms with Crippen molar-refractivity contribution >= 4 is 29.2 Å². The molecule has 0 aromatic heterocycles. The number of benzene rings is 2. The van der Waals surface area contributed by atoms with Gasteiger partial charge in [-0.2, -0.15) is 0 Å². The van der Waals surface area contributed by atoms with E-state index in [0.717, 1.165) is 5.69 Å². The molecule has 0 spiro atoms. The van der Waals surface area contributed by atoms with Gasteiger partial charge in [-0.3, -0.25) is 9.59 Å². The van der Waals surface area contributed by atoms with E-state index < -0.39 is 12.0 Å². The number of para-hydroxylation sites is 1. The van der Waals surface area contributed by atoms with E-state index in [1.807, 2.05) is 48.2 Å². The monoisotopic (exact) mass is 374 g/mol. The fourth-order valence-corrected chi connectivity index (χ4v) is 2.95. The largest absolute Gasteiger partial charge is 0.469 e. The SMILES string of the molecule is CCN(CC(=O)NC(CC(=O)OC)c1ccccc1Cl)c1ccccc1. The maximum Gasteiger partial charge on any atom is 0.307 e. The van der Waals surface area contributed by atoms with Crippen LogP contribution in [0, 0.1) is 0 Å². The lowest BCUT2D eigenvalue weighted by Crippen LogP contribution is -2.39. The molecule has 1 atom stereocenters. The maximum absolute atomic E-state index is 12.6. The van der Waals surface area contributed by atoms with Gasteiger partial charge in [-0.1, -0.05) is 48.0 Å². The number of esters is 1. The fourth-order valence-electron chi connectivity index (χ4n) is 2.68. The molecule has 0 bridgehead atoms. The molecule has 5 nitrogen and oxygen atoms in total. The van der Waals surface area contributed by atoms with Gasteiger partial charge in [0, 0.05) is 17.3 Å². The van der Waals surface area contributed by atoms with Gasteiger partial charge in [-0.25, -0.2) is 0 Å². The third-order valence-electron chi connectivity index (χ3n) is 4.05. The summed E-state index contributed by atoms with van der Waals surface area (Å²) >= 11 is 6.24. The minimum absolute atomic E-state index is 0.0173. The van der Waals surface area contributed by atoms with Crippen LogP contribution in [0.5, 0.6) is 0 Å². The molecule has 26 heavy (non-hydrogen) atoms. The molecule has 1 N–H and O–H groups in total. The fraction of sp³-hybridized carbons (Fsp3) is 0.300. The molecule has 0 radical (unpaired) electrons. The first-order valence-corrected chi connectivity index (χ1v) is 8.83. The Morgan fingerprint density at radius 1 is 1.12 bits per heavy atom. The van der Waals surface area contributed by atoms with E-state index in [-0.39, 0.29) is 18.9 Å². The number of halogens is 1. The molecule has 1 amide bonds. The number of nitrogens with one attached hydrogen (secondary N) is 1. The van der Waals surface area contributed by atoms with Gasteiger partial charge in [0.1, 0.15) is 0 Å². The van der Waals surface area contributed by atoms with Gasteiger partial charge in [0.2, 0.25) is 5.91 Å². The number of rotatable bonds is 8. The van der Waals surface area contributed by atoms with Gasteiger partial charge in [0.05, 0.1) is 26.1 Å². The van der Waals surface area contributed by atoms with Crippen LogP contribution in [0.2, 0.25) is 5.02 Å². The summed E-state index contributed by atoms with van der Waals surface area (Å²) in [6.07, 6.45) is 0.0173. The Labute approximate surface area is 158 Å². The van der Waals surface area contributed by atoms with Crippen LogP contribution in [-0.4, -0.2) is 32.1 Å². The first kappa shape index (κ1) is 19.8. The van der Waals surface area contributed by atoms with Crippen LogP contribution in [0.25, 0.3) is 0 Å². The predicted molar refractivity (Wildman–Crippen MR) is 103 cm³/mol. The van der Waals surface area contributed by atoms with E-state index in [0.29, 0.717) is 17.1 Å². The van der Waals surface area contributed by atoms with Crippen LogP contribution in [-0.2, 0) is 14.3 Å². The Hall–Kier alpha value is -2.53. The topological polar surface area (TPSA) is 58.6 Å². The van der Waals surface area contributed by atoms with Crippen LogP contribution in [0.3, 0.4) is 0 Å². The van der Waals surface area contributed by atoms with E-state index >= 15 is 0 Å². The number of methoxy groups -OCH3 is 1. The summed E-state index contributed by atoms with van der Waals surface area (Å²) in [4.78, 5) is 26.3. The van der Waals surface area contributed by atoms with Gasteiger partial charge in [0.25, 0.3) is 0 Å². The molecule has 0 heterocycles. The molecule has 0 aliphatic rings. The highest BCUT2D eigenvalue weighted by Crippen LogP contribution is 2.25. The first-order valence-electron chi connectivity index (χ1n) is 8.45. The van der Waals surface area contributed by atoms with Gasteiger partial charge in [-0.05, 0) is 30.7 Å². The molecule has 0 saturated heterocycles. The summed E-state index contributed by atoms with van der Waals surface area (Å²) in [6.45, 7) is 2.86. The highest BCUT2D eigenvalue weighted by molar-refractivity contribution is 6.31. The molecule has 2 rings (SSSR count). The molecule has 6 heteroatoms. The third-order valence-corrected chi connectivity index (χ3v) is 4.40. The summed E-state index contributed by atoms with van der Waals surface area (Å²) in [5, 5.41) is 3.41. The lowest BCUT2D eigenvalue weighted by Gasteiger charge is -2.25. The molecule has 0 aliphatic carbocycles. The highest BCUT2D eigenvalue weighted by Gasteiger charge is 2.22. The number of carbonyl (C=O) groups is 2. The lowest BCUT2D eigenvalue weighted by molar-refractivity contribution is -0.141. The van der Waals surface area contributed by atoms with Crippen molar-refractivity contribution in [3.05, 3.63) is 65.2 Å². The Kier molecular flexibility index (Phi) is 7.48. The average Bonchev–Trinajstić information content (AvgIpc) is 2.66. The summed E-state index contributed by atoms with van der Waals surface area (Å²) < 4.78 is 4.75. The van der Waals surface area contributed by atoms with Crippen molar-refractivity contribution in [2.75, 3.05) is 25.1 Å². The molecular formula is C20H23ClN2O3. The van der Waals surface area contributed by atoms with E-state index in [2.05, 4.69) is 5.32 Å². The Morgan fingerprint density at radius 3 is 2.38 bits per heavy atom. The number of hydrogen-bond donors (Lipinski definition) is 1. The van der Waals surface area contributed by atoms with Crippen molar-refractivity contribution in [2.24, 2.45) is 0 Å². The minimum Gasteiger partial charge on any atom is -0.469 e. The normalized spacial score (nSPS) is 11.5. The third kappa shape index (κ3) is 5.49. The smallest absolute Gasteiger partial charge is 0.307 e. The van der Waals surface area contributed by atoms with Crippen LogP contribution >= 0.6 is 11.6 Å². The summed E-state index contributed by atoms with van der Waals surface area (Å²) in [5.74, 6) is -0.602. The van der Waals surface area contributed by atoms with Crippen LogP contribution in [0.15, 0.2) is 54.6 Å². The molecule has 2 aromatic rings. The second-order valence-electron chi connectivity index (χ2n) is 5.77. The van der Waals surface area contributed by atoms with Gasteiger partial charge < -0.3 is 15.0 Å². The molecule has 2 aromatic carbocycles. The molecule has 0 saturated carbocycles. The van der Waals surface area contributed by atoms with E-state index in [1.54, 1.807) is 18.2 Å². The number of amides is 1. The van der Waals surface area contributed by atoms with Gasteiger partial charge in [-0.15, -0.1) is 0 Å². The van der Waals surface area contributed by atoms with Crippen molar-refractivity contribution < 1.29 is 14.3 Å². The average molecular weight is 375 g/mol. The number of hydrogen-bond acceptors (Lipinski definition) is 4. The quantitative estimate of drug-likeness (QED) is 0.717. The van der Waals surface area contributed by atoms with Crippen molar-refractivity contribution in [1.82, 2.24) is 5.32 Å². The second-order valence-corrected chi connectivity index (χ2v) is 6.18. The highest BCUT2D eigenvalue weighted by atomic mass is 35.5. The molecule has 138 valence electrons. The van der Waals surface area contributed by atoms with Crippen molar-refractivity contribution in [2.45, 2.75) is 19.4 Å². The number of nitrogens with zero attached hydrogens (tertiary/aromatic N) is 1. The van der Waals surface area contributed by atoms with Crippen LogP contribution < -0.4 is 10.2 Å². The molecule has 0 aliphatic heterocycles. The molecule has 0 fully saturated rings. The zero-order valence-electron chi connectivity index (χ0n) is 14.9. The maximum atomic E-state index is 12.6. The Bertz CT molecular complexity index is 737. The van der Waals surface area contributed by atoms with E-state index in [1.165, 1.54) is 7.11 Å². The standard InChI is InChI=1S/C20H23ClN2O3/c1-3-23(15-9-5-4-6-10-15)14-19(24)22-18(13-20(25)26-2)16-11-7-8-12-17(16)21/h4-12,18H,3,13-14H2,1-2H3,(H,22,24). The Morgan fingerprint density at radius 2 is 1.77 bits per heavy atom. The summed E-state index contributed by atoms with van der Waals surface area (Å²) in [6, 6.07) is 16.3. The second kappa shape index (κ2) is 9.82. The van der Waals surface area contributed by atoms with Crippen LogP contribution in [0.4, 0.5) is 5.69 Å². The van der Waals surface area contributed by atoms with Gasteiger partial charge in [0.15, 0.2) is 0 Å². The zero-order valence-corrected chi connectivity index (χ0v) is 15.7. The number of carbonyl (C=O) groups excluding carboxylic acids is 2. The number of anilines is 1. The molecule has 1 unspecified atom stereocenters. The minimum atomic E-state index is -0.543. The lowest BCUT2D eigenvalue weighted by atomic mass is 10.0. The van der Waals surface area contributed by atoms with E-state index in [9.17, 15) is 9.59 Å².